The minimum absolute atomic E-state index is 0.154. The lowest BCUT2D eigenvalue weighted by Gasteiger charge is -2.23. The van der Waals surface area contributed by atoms with Gasteiger partial charge in [0.05, 0.1) is 12.4 Å². The molecule has 0 aliphatic carbocycles. The molecule has 1 N–H and O–H groups in total. The largest absolute Gasteiger partial charge is 0.469 e. The predicted octanol–water partition coefficient (Wildman–Crippen LogP) is 4.34. The summed E-state index contributed by atoms with van der Waals surface area (Å²) in [5.41, 5.74) is 5.28. The topological polar surface area (TPSA) is 33.4 Å². The number of aliphatic hydroxyl groups excluding tert-OH is 1. The summed E-state index contributed by atoms with van der Waals surface area (Å²) >= 11 is 0. The molecule has 2 aromatic rings. The maximum atomic E-state index is 10.3. The number of hydrogen-bond acceptors (Lipinski definition) is 2. The summed E-state index contributed by atoms with van der Waals surface area (Å²) in [7, 11) is 0. The standard InChI is InChI=1S/C19H26O2/c1-13-9-15(19(3,4)5)10-14(2)18(13)12-16(20)11-17-7-6-8-21-17/h6-10,16,20H,11-12H2,1-5H3. The first-order valence-electron chi connectivity index (χ1n) is 7.58. The van der Waals surface area contributed by atoms with Gasteiger partial charge in [0.2, 0.25) is 0 Å². The van der Waals surface area contributed by atoms with Crippen molar-refractivity contribution in [3.8, 4) is 0 Å². The van der Waals surface area contributed by atoms with E-state index in [1.165, 1.54) is 22.3 Å². The van der Waals surface area contributed by atoms with E-state index in [0.29, 0.717) is 12.8 Å². The minimum atomic E-state index is -0.408. The fourth-order valence-electron chi connectivity index (χ4n) is 2.72. The molecule has 0 aliphatic heterocycles. The highest BCUT2D eigenvalue weighted by Crippen LogP contribution is 2.27. The fourth-order valence-corrected chi connectivity index (χ4v) is 2.72. The summed E-state index contributed by atoms with van der Waals surface area (Å²) < 4.78 is 5.31. The van der Waals surface area contributed by atoms with Crippen molar-refractivity contribution in [2.24, 2.45) is 0 Å². The lowest BCUT2D eigenvalue weighted by molar-refractivity contribution is 0.167. The summed E-state index contributed by atoms with van der Waals surface area (Å²) in [6.45, 7) is 11.0. The Balaban J connectivity index is 2.17. The Morgan fingerprint density at radius 2 is 1.71 bits per heavy atom. The monoisotopic (exact) mass is 286 g/mol. The number of hydrogen-bond donors (Lipinski definition) is 1. The second-order valence-corrected chi connectivity index (χ2v) is 6.98. The van der Waals surface area contributed by atoms with Crippen molar-refractivity contribution >= 4 is 0 Å². The first kappa shape index (κ1) is 15.8. The van der Waals surface area contributed by atoms with E-state index in [2.05, 4.69) is 46.8 Å². The minimum Gasteiger partial charge on any atom is -0.469 e. The summed E-state index contributed by atoms with van der Waals surface area (Å²) in [4.78, 5) is 0. The van der Waals surface area contributed by atoms with Gasteiger partial charge in [-0.25, -0.2) is 0 Å². The molecular weight excluding hydrogens is 260 g/mol. The van der Waals surface area contributed by atoms with Crippen LogP contribution in [-0.4, -0.2) is 11.2 Å². The van der Waals surface area contributed by atoms with Gasteiger partial charge in [-0.2, -0.15) is 0 Å². The molecule has 0 fully saturated rings. The van der Waals surface area contributed by atoms with Crippen molar-refractivity contribution < 1.29 is 9.52 Å². The lowest BCUT2D eigenvalue weighted by Crippen LogP contribution is -2.17. The van der Waals surface area contributed by atoms with Crippen LogP contribution in [0.3, 0.4) is 0 Å². The van der Waals surface area contributed by atoms with Gasteiger partial charge >= 0.3 is 0 Å². The van der Waals surface area contributed by atoms with Gasteiger partial charge in [-0.1, -0.05) is 32.9 Å². The van der Waals surface area contributed by atoms with Crippen LogP contribution in [0.4, 0.5) is 0 Å². The zero-order valence-electron chi connectivity index (χ0n) is 13.7. The third kappa shape index (κ3) is 3.98. The highest BCUT2D eigenvalue weighted by molar-refractivity contribution is 5.40. The van der Waals surface area contributed by atoms with Gasteiger partial charge in [-0.3, -0.25) is 0 Å². The Kier molecular flexibility index (Phi) is 4.58. The second kappa shape index (κ2) is 6.07. The highest BCUT2D eigenvalue weighted by atomic mass is 16.3. The molecule has 0 amide bonds. The average Bonchev–Trinajstić information content (AvgIpc) is 2.85. The van der Waals surface area contributed by atoms with E-state index in [1.807, 2.05) is 12.1 Å². The van der Waals surface area contributed by atoms with E-state index < -0.39 is 6.10 Å². The zero-order chi connectivity index (χ0) is 15.6. The second-order valence-electron chi connectivity index (χ2n) is 6.98. The molecule has 0 saturated carbocycles. The van der Waals surface area contributed by atoms with Crippen molar-refractivity contribution in [3.05, 3.63) is 58.5 Å². The van der Waals surface area contributed by atoms with Crippen molar-refractivity contribution in [3.63, 3.8) is 0 Å². The molecule has 0 bridgehead atoms. The Labute approximate surface area is 127 Å². The zero-order valence-corrected chi connectivity index (χ0v) is 13.7. The van der Waals surface area contributed by atoms with Gasteiger partial charge in [0.1, 0.15) is 5.76 Å². The maximum Gasteiger partial charge on any atom is 0.106 e. The molecule has 2 nitrogen and oxygen atoms in total. The average molecular weight is 286 g/mol. The van der Waals surface area contributed by atoms with Crippen molar-refractivity contribution in [1.29, 1.82) is 0 Å². The number of aliphatic hydroxyl groups is 1. The Hall–Kier alpha value is -1.54. The van der Waals surface area contributed by atoms with Crippen LogP contribution in [0.2, 0.25) is 0 Å². The fraction of sp³-hybridized carbons (Fsp3) is 0.474. The maximum absolute atomic E-state index is 10.3. The van der Waals surface area contributed by atoms with Crippen LogP contribution in [-0.2, 0) is 18.3 Å². The summed E-state index contributed by atoms with van der Waals surface area (Å²) in [5, 5.41) is 10.3. The highest BCUT2D eigenvalue weighted by Gasteiger charge is 2.18. The molecule has 1 atom stereocenters. The van der Waals surface area contributed by atoms with E-state index in [1.54, 1.807) is 6.26 Å². The third-order valence-electron chi connectivity index (χ3n) is 4.02. The van der Waals surface area contributed by atoms with E-state index in [-0.39, 0.29) is 5.41 Å². The third-order valence-corrected chi connectivity index (χ3v) is 4.02. The van der Waals surface area contributed by atoms with E-state index in [9.17, 15) is 5.11 Å². The predicted molar refractivity (Wildman–Crippen MR) is 86.7 cm³/mol. The van der Waals surface area contributed by atoms with Gasteiger partial charge in [0, 0.05) is 6.42 Å². The van der Waals surface area contributed by atoms with Crippen molar-refractivity contribution in [2.75, 3.05) is 0 Å². The number of benzene rings is 1. The van der Waals surface area contributed by atoms with Crippen LogP contribution in [0.5, 0.6) is 0 Å². The van der Waals surface area contributed by atoms with Gasteiger partial charge < -0.3 is 9.52 Å². The summed E-state index contributed by atoms with van der Waals surface area (Å²) in [5.74, 6) is 0.837. The molecule has 0 radical (unpaired) electrons. The van der Waals surface area contributed by atoms with Gasteiger partial charge in [-0.05, 0) is 60.1 Å². The molecule has 0 aliphatic rings. The van der Waals surface area contributed by atoms with Crippen LogP contribution in [0, 0.1) is 13.8 Å². The first-order chi connectivity index (χ1) is 9.77. The number of aryl methyl sites for hydroxylation is 2. The van der Waals surface area contributed by atoms with Crippen LogP contribution in [0.1, 0.15) is 48.8 Å². The Morgan fingerprint density at radius 3 is 2.19 bits per heavy atom. The normalized spacial score (nSPS) is 13.4. The van der Waals surface area contributed by atoms with E-state index >= 15 is 0 Å². The molecule has 0 saturated heterocycles. The van der Waals surface area contributed by atoms with Crippen LogP contribution in [0.25, 0.3) is 0 Å². The first-order valence-corrected chi connectivity index (χ1v) is 7.58. The molecule has 0 spiro atoms. The summed E-state index contributed by atoms with van der Waals surface area (Å²) in [6.07, 6.45) is 2.47. The van der Waals surface area contributed by atoms with Gasteiger partial charge in [-0.15, -0.1) is 0 Å². The van der Waals surface area contributed by atoms with Gasteiger partial charge in [0.15, 0.2) is 0 Å². The molecule has 114 valence electrons. The molecule has 1 aromatic carbocycles. The quantitative estimate of drug-likeness (QED) is 0.907. The van der Waals surface area contributed by atoms with Crippen LogP contribution in [0.15, 0.2) is 34.9 Å². The number of furan rings is 1. The molecule has 1 aromatic heterocycles. The molecule has 1 heterocycles. The smallest absolute Gasteiger partial charge is 0.106 e. The lowest BCUT2D eigenvalue weighted by atomic mass is 9.83. The molecule has 2 heteroatoms. The molecular formula is C19H26O2. The molecule has 1 unspecified atom stereocenters. The van der Waals surface area contributed by atoms with Crippen LogP contribution >= 0.6 is 0 Å². The molecule has 2 rings (SSSR count). The summed E-state index contributed by atoms with van der Waals surface area (Å²) in [6, 6.07) is 8.27. The van der Waals surface area contributed by atoms with Crippen LogP contribution < -0.4 is 0 Å². The SMILES string of the molecule is Cc1cc(C(C)(C)C)cc(C)c1CC(O)Cc1ccco1. The van der Waals surface area contributed by atoms with Crippen molar-refractivity contribution in [1.82, 2.24) is 0 Å². The van der Waals surface area contributed by atoms with Crippen molar-refractivity contribution in [2.45, 2.75) is 59.0 Å². The van der Waals surface area contributed by atoms with E-state index in [4.69, 9.17) is 4.42 Å². The molecule has 21 heavy (non-hydrogen) atoms. The van der Waals surface area contributed by atoms with E-state index in [0.717, 1.165) is 5.76 Å². The Bertz CT molecular complexity index is 566. The number of rotatable bonds is 4. The Morgan fingerprint density at radius 1 is 1.10 bits per heavy atom. The van der Waals surface area contributed by atoms with Gasteiger partial charge in [0.25, 0.3) is 0 Å².